The minimum absolute atomic E-state index is 0.0173. The van der Waals surface area contributed by atoms with Crippen LogP contribution in [0.2, 0.25) is 0 Å². The van der Waals surface area contributed by atoms with Gasteiger partial charge in [-0.2, -0.15) is 0 Å². The van der Waals surface area contributed by atoms with Crippen LogP contribution in [0.25, 0.3) is 0 Å². The SMILES string of the molecule is CCOc1ccc(C(=O)N2CCCCCC2)cc1S(=O)(=O)NC(C)C. The van der Waals surface area contributed by atoms with Crippen molar-refractivity contribution >= 4 is 15.9 Å². The minimum Gasteiger partial charge on any atom is -0.492 e. The fourth-order valence-electron chi connectivity index (χ4n) is 2.96. The molecule has 0 aromatic heterocycles. The molecule has 2 rings (SSSR count). The summed E-state index contributed by atoms with van der Waals surface area (Å²) >= 11 is 0. The molecule has 0 unspecified atom stereocenters. The zero-order chi connectivity index (χ0) is 18.4. The summed E-state index contributed by atoms with van der Waals surface area (Å²) in [5, 5.41) is 0. The van der Waals surface area contributed by atoms with Crippen molar-refractivity contribution in [2.45, 2.75) is 57.4 Å². The third kappa shape index (κ3) is 5.19. The van der Waals surface area contributed by atoms with Crippen LogP contribution >= 0.6 is 0 Å². The van der Waals surface area contributed by atoms with E-state index in [-0.39, 0.29) is 22.6 Å². The molecule has 1 aliphatic heterocycles. The largest absolute Gasteiger partial charge is 0.492 e. The van der Waals surface area contributed by atoms with Crippen molar-refractivity contribution in [2.75, 3.05) is 19.7 Å². The van der Waals surface area contributed by atoms with E-state index in [9.17, 15) is 13.2 Å². The predicted molar refractivity (Wildman–Crippen MR) is 97.4 cm³/mol. The standard InChI is InChI=1S/C18H28N2O4S/c1-4-24-16-10-9-15(13-17(16)25(22,23)19-14(2)3)18(21)20-11-7-5-6-8-12-20/h9-10,13-14,19H,4-8,11-12H2,1-3H3. The summed E-state index contributed by atoms with van der Waals surface area (Å²) in [6.07, 6.45) is 4.24. The molecule has 1 aromatic carbocycles. The lowest BCUT2D eigenvalue weighted by atomic mass is 10.2. The summed E-state index contributed by atoms with van der Waals surface area (Å²) < 4.78 is 33.3. The number of hydrogen-bond acceptors (Lipinski definition) is 4. The summed E-state index contributed by atoms with van der Waals surface area (Å²) in [6, 6.07) is 4.41. The van der Waals surface area contributed by atoms with Crippen molar-refractivity contribution in [1.82, 2.24) is 9.62 Å². The Labute approximate surface area is 150 Å². The molecule has 7 heteroatoms. The van der Waals surface area contributed by atoms with Crippen molar-refractivity contribution in [2.24, 2.45) is 0 Å². The summed E-state index contributed by atoms with van der Waals surface area (Å²) in [7, 11) is -3.75. The molecule has 1 aromatic rings. The van der Waals surface area contributed by atoms with Gasteiger partial charge in [0, 0.05) is 24.7 Å². The van der Waals surface area contributed by atoms with E-state index in [4.69, 9.17) is 4.74 Å². The molecular weight excluding hydrogens is 340 g/mol. The molecule has 0 atom stereocenters. The van der Waals surface area contributed by atoms with E-state index >= 15 is 0 Å². The van der Waals surface area contributed by atoms with Crippen LogP contribution in [-0.4, -0.2) is 45.0 Å². The molecule has 140 valence electrons. The highest BCUT2D eigenvalue weighted by atomic mass is 32.2. The number of rotatable bonds is 6. The van der Waals surface area contributed by atoms with Gasteiger partial charge in [-0.15, -0.1) is 0 Å². The maximum absolute atomic E-state index is 12.8. The normalized spacial score (nSPS) is 15.9. The molecule has 0 bridgehead atoms. The van der Waals surface area contributed by atoms with Crippen molar-refractivity contribution in [3.05, 3.63) is 23.8 Å². The van der Waals surface area contributed by atoms with E-state index in [1.165, 1.54) is 6.07 Å². The Kier molecular flexibility index (Phi) is 6.84. The Morgan fingerprint density at radius 1 is 1.20 bits per heavy atom. The van der Waals surface area contributed by atoms with Crippen LogP contribution in [0.5, 0.6) is 5.75 Å². The van der Waals surface area contributed by atoms with Crippen molar-refractivity contribution in [3.63, 3.8) is 0 Å². The maximum atomic E-state index is 12.8. The van der Waals surface area contributed by atoms with E-state index in [0.717, 1.165) is 38.8 Å². The van der Waals surface area contributed by atoms with Gasteiger partial charge in [-0.05, 0) is 51.8 Å². The highest BCUT2D eigenvalue weighted by molar-refractivity contribution is 7.89. The molecule has 1 heterocycles. The van der Waals surface area contributed by atoms with Gasteiger partial charge in [-0.25, -0.2) is 13.1 Å². The summed E-state index contributed by atoms with van der Waals surface area (Å²) in [4.78, 5) is 14.6. The number of benzene rings is 1. The van der Waals surface area contributed by atoms with E-state index < -0.39 is 10.0 Å². The third-order valence-electron chi connectivity index (χ3n) is 4.06. The Morgan fingerprint density at radius 3 is 2.40 bits per heavy atom. The summed E-state index contributed by atoms with van der Waals surface area (Å²) in [6.45, 7) is 7.09. The smallest absolute Gasteiger partial charge is 0.253 e. The van der Waals surface area contributed by atoms with Gasteiger partial charge >= 0.3 is 0 Å². The lowest BCUT2D eigenvalue weighted by Crippen LogP contribution is -2.33. The van der Waals surface area contributed by atoms with Gasteiger partial charge in [0.25, 0.3) is 5.91 Å². The molecule has 1 amide bonds. The molecule has 1 aliphatic rings. The number of nitrogens with zero attached hydrogens (tertiary/aromatic N) is 1. The number of hydrogen-bond donors (Lipinski definition) is 1. The fourth-order valence-corrected chi connectivity index (χ4v) is 4.38. The van der Waals surface area contributed by atoms with Crippen molar-refractivity contribution in [3.8, 4) is 5.75 Å². The second-order valence-electron chi connectivity index (χ2n) is 6.58. The molecular formula is C18H28N2O4S. The number of ether oxygens (including phenoxy) is 1. The first kappa shape index (κ1) is 19.7. The third-order valence-corrected chi connectivity index (χ3v) is 5.74. The van der Waals surface area contributed by atoms with Crippen LogP contribution in [0.15, 0.2) is 23.1 Å². The predicted octanol–water partition coefficient (Wildman–Crippen LogP) is 2.79. The van der Waals surface area contributed by atoms with Gasteiger partial charge in [0.1, 0.15) is 10.6 Å². The lowest BCUT2D eigenvalue weighted by Gasteiger charge is -2.21. The molecule has 25 heavy (non-hydrogen) atoms. The van der Waals surface area contributed by atoms with Crippen molar-refractivity contribution < 1.29 is 17.9 Å². The first-order valence-electron chi connectivity index (χ1n) is 8.93. The highest BCUT2D eigenvalue weighted by Crippen LogP contribution is 2.26. The fraction of sp³-hybridized carbons (Fsp3) is 0.611. The van der Waals surface area contributed by atoms with Crippen LogP contribution in [-0.2, 0) is 10.0 Å². The number of amides is 1. The quantitative estimate of drug-likeness (QED) is 0.838. The maximum Gasteiger partial charge on any atom is 0.253 e. The van der Waals surface area contributed by atoms with Gasteiger partial charge in [-0.3, -0.25) is 4.79 Å². The molecule has 1 saturated heterocycles. The van der Waals surface area contributed by atoms with E-state index in [1.54, 1.807) is 32.9 Å². The monoisotopic (exact) mass is 368 g/mol. The van der Waals surface area contributed by atoms with E-state index in [2.05, 4.69) is 4.72 Å². The topological polar surface area (TPSA) is 75.7 Å². The van der Waals surface area contributed by atoms with Crippen LogP contribution < -0.4 is 9.46 Å². The van der Waals surface area contributed by atoms with Gasteiger partial charge in [-0.1, -0.05) is 12.8 Å². The Hall–Kier alpha value is -1.60. The second kappa shape index (κ2) is 8.67. The van der Waals surface area contributed by atoms with Crippen LogP contribution in [0.1, 0.15) is 56.8 Å². The number of likely N-dealkylation sites (tertiary alicyclic amines) is 1. The summed E-state index contributed by atoms with van der Waals surface area (Å²) in [5.74, 6) is 0.147. The van der Waals surface area contributed by atoms with Crippen molar-refractivity contribution in [1.29, 1.82) is 0 Å². The van der Waals surface area contributed by atoms with Crippen LogP contribution in [0.4, 0.5) is 0 Å². The first-order valence-corrected chi connectivity index (χ1v) is 10.4. The molecule has 6 nitrogen and oxygen atoms in total. The van der Waals surface area contributed by atoms with E-state index in [0.29, 0.717) is 12.2 Å². The zero-order valence-electron chi connectivity index (χ0n) is 15.2. The molecule has 0 radical (unpaired) electrons. The molecule has 0 saturated carbocycles. The average Bonchev–Trinajstić information content (AvgIpc) is 2.82. The number of sulfonamides is 1. The van der Waals surface area contributed by atoms with Gasteiger partial charge in [0.05, 0.1) is 6.61 Å². The van der Waals surface area contributed by atoms with E-state index in [1.807, 2.05) is 4.90 Å². The molecule has 1 fully saturated rings. The average molecular weight is 368 g/mol. The minimum atomic E-state index is -3.75. The Morgan fingerprint density at radius 2 is 1.84 bits per heavy atom. The first-order chi connectivity index (χ1) is 11.8. The number of carbonyl (C=O) groups excluding carboxylic acids is 1. The van der Waals surface area contributed by atoms with Gasteiger partial charge in [0.15, 0.2) is 0 Å². The lowest BCUT2D eigenvalue weighted by molar-refractivity contribution is 0.0761. The highest BCUT2D eigenvalue weighted by Gasteiger charge is 2.24. The zero-order valence-corrected chi connectivity index (χ0v) is 16.1. The Bertz CT molecular complexity index is 693. The van der Waals surface area contributed by atoms with Gasteiger partial charge < -0.3 is 9.64 Å². The molecule has 1 N–H and O–H groups in total. The Balaban J connectivity index is 2.37. The molecule has 0 aliphatic carbocycles. The van der Waals surface area contributed by atoms with Crippen LogP contribution in [0.3, 0.4) is 0 Å². The summed E-state index contributed by atoms with van der Waals surface area (Å²) in [5.41, 5.74) is 0.384. The van der Waals surface area contributed by atoms with Gasteiger partial charge in [0.2, 0.25) is 10.0 Å². The second-order valence-corrected chi connectivity index (χ2v) is 8.26. The molecule has 0 spiro atoms. The number of nitrogens with one attached hydrogen (secondary N) is 1. The van der Waals surface area contributed by atoms with Crippen LogP contribution in [0, 0.1) is 0 Å². The number of carbonyl (C=O) groups is 1.